The monoisotopic (exact) mass is 1070 g/mol. The molecule has 2 aliphatic heterocycles. The number of ether oxygens (including phenoxy) is 2. The van der Waals surface area contributed by atoms with Crippen LogP contribution in [0.4, 0.5) is 5.13 Å². The Hall–Kier alpha value is -8.96. The molecule has 2 aromatic heterocycles. The maximum absolute atomic E-state index is 15.8. The van der Waals surface area contributed by atoms with E-state index in [-0.39, 0.29) is 12.3 Å². The minimum absolute atomic E-state index is 0.0407. The molecule has 388 valence electrons. The molecule has 9 aromatic rings. The number of carbonyl (C=O) groups excluding carboxylic acids is 3. The van der Waals surface area contributed by atoms with Gasteiger partial charge in [-0.25, -0.2) is 14.5 Å². The number of tetrazole rings is 1. The van der Waals surface area contributed by atoms with E-state index in [4.69, 9.17) is 14.5 Å². The fourth-order valence-corrected chi connectivity index (χ4v) is 12.3. The van der Waals surface area contributed by atoms with Crippen LogP contribution < -0.4 is 20.7 Å². The van der Waals surface area contributed by atoms with Gasteiger partial charge in [0, 0.05) is 11.1 Å². The molecule has 14 nitrogen and oxygen atoms in total. The van der Waals surface area contributed by atoms with E-state index in [2.05, 4.69) is 67.9 Å². The minimum Gasteiger partial charge on any atom is -0.497 e. The van der Waals surface area contributed by atoms with Gasteiger partial charge in [0.15, 0.2) is 5.13 Å². The van der Waals surface area contributed by atoms with Crippen molar-refractivity contribution < 1.29 is 23.9 Å². The number of β-lactam (4-membered cyclic amide) rings is 1. The average Bonchev–Trinajstić information content (AvgIpc) is 4.35. The zero-order valence-corrected chi connectivity index (χ0v) is 44.0. The van der Waals surface area contributed by atoms with Crippen LogP contribution in [0.15, 0.2) is 241 Å². The molecule has 0 saturated carbocycles. The lowest BCUT2D eigenvalue weighted by atomic mass is 9.76. The third kappa shape index (κ3) is 10.2. The van der Waals surface area contributed by atoms with E-state index in [9.17, 15) is 9.59 Å². The van der Waals surface area contributed by atoms with Gasteiger partial charge in [-0.1, -0.05) is 206 Å². The van der Waals surface area contributed by atoms with E-state index in [0.717, 1.165) is 38.9 Å². The zero-order chi connectivity index (χ0) is 53.3. The number of nitrogens with zero attached hydrogens (tertiary/aromatic N) is 6. The molecule has 2 aliphatic rings. The molecule has 0 bridgehead atoms. The highest BCUT2D eigenvalue weighted by atomic mass is 32.2. The molecule has 7 aromatic carbocycles. The first-order valence-corrected chi connectivity index (χ1v) is 27.3. The summed E-state index contributed by atoms with van der Waals surface area (Å²) in [5.41, 5.74) is 5.42. The zero-order valence-electron chi connectivity index (χ0n) is 42.3. The lowest BCUT2D eigenvalue weighted by molar-refractivity contribution is -0.153. The number of thiazole rings is 1. The summed E-state index contributed by atoms with van der Waals surface area (Å²) in [6.07, 6.45) is 5.10. The number of hydrogen-bond donors (Lipinski definition) is 3. The molecule has 78 heavy (non-hydrogen) atoms. The molecular weight excluding hydrogens is 1010 g/mol. The fourth-order valence-electron chi connectivity index (χ4n) is 10.2. The van der Waals surface area contributed by atoms with Crippen LogP contribution in [-0.2, 0) is 43.3 Å². The van der Waals surface area contributed by atoms with Crippen LogP contribution in [0.1, 0.15) is 50.7 Å². The number of nitrogens with one attached hydrogen (secondary N) is 3. The van der Waals surface area contributed by atoms with E-state index in [1.807, 2.05) is 169 Å². The number of amides is 2. The third-order valence-electron chi connectivity index (χ3n) is 14.0. The van der Waals surface area contributed by atoms with Crippen molar-refractivity contribution in [3.8, 4) is 5.75 Å². The van der Waals surface area contributed by atoms with Crippen molar-refractivity contribution in [2.45, 2.75) is 41.7 Å². The predicted molar refractivity (Wildman–Crippen MR) is 302 cm³/mol. The van der Waals surface area contributed by atoms with Gasteiger partial charge in [-0.3, -0.25) is 19.8 Å². The van der Waals surface area contributed by atoms with Crippen molar-refractivity contribution in [3.63, 3.8) is 0 Å². The lowest BCUT2D eigenvalue weighted by Crippen LogP contribution is -2.71. The lowest BCUT2D eigenvalue weighted by Gasteiger charge is -2.50. The maximum atomic E-state index is 15.8. The predicted octanol–water partition coefficient (Wildman–Crippen LogP) is 9.82. The first kappa shape index (κ1) is 51.2. The van der Waals surface area contributed by atoms with Gasteiger partial charge in [-0.2, -0.15) is 0 Å². The summed E-state index contributed by atoms with van der Waals surface area (Å²) in [5.74, 6) is -0.609. The second-order valence-electron chi connectivity index (χ2n) is 18.6. The van der Waals surface area contributed by atoms with Gasteiger partial charge in [-0.05, 0) is 67.1 Å². The Morgan fingerprint density at radius 2 is 1.22 bits per heavy atom. The summed E-state index contributed by atoms with van der Waals surface area (Å²) < 4.78 is 12.8. The largest absolute Gasteiger partial charge is 0.497 e. The number of hydrogen-bond acceptors (Lipinski definition) is 13. The summed E-state index contributed by atoms with van der Waals surface area (Å²) in [6.45, 7) is 0.288. The van der Waals surface area contributed by atoms with E-state index >= 15 is 4.79 Å². The van der Waals surface area contributed by atoms with Crippen molar-refractivity contribution in [3.05, 3.63) is 286 Å². The molecule has 3 atom stereocenters. The highest BCUT2D eigenvalue weighted by Gasteiger charge is 2.55. The van der Waals surface area contributed by atoms with Crippen LogP contribution in [0, 0.1) is 0 Å². The van der Waals surface area contributed by atoms with Crippen molar-refractivity contribution in [1.82, 2.24) is 40.7 Å². The van der Waals surface area contributed by atoms with Gasteiger partial charge in [0.2, 0.25) is 5.91 Å². The fraction of sp³-hybridized carbons (Fsp3) is 0.145. The van der Waals surface area contributed by atoms with Crippen LogP contribution in [0.5, 0.6) is 5.75 Å². The second kappa shape index (κ2) is 23.1. The SMILES string of the molecule is COc1ccc(COC(=O)C2=C(C=CCn3cnnn3)CS[C@@H]3C(NC(=O)C(NC(c4ccccc4)(c4ccccc4)c4ccccc4)c4csc(NC(c5ccccc5)(c5ccccc5)c5ccccc5)n4)C(=O)N23)cc1. The quantitative estimate of drug-likeness (QED) is 0.0377. The standard InChI is InChI=1S/C62H53N9O5S2/c1-75-51-36-34-43(35-37-51)39-76-59(74)55-44(21-20-38-70-42-63-68-69-70)40-77-58-54(57(73)71(55)58)65-56(72)53(66-61(45-22-8-2-9-23-45,46-24-10-3-11-25-46)47-26-12-4-13-27-47)52-41-78-60(64-52)67-62(48-28-14-5-15-29-48,49-30-16-6-17-31-49)50-32-18-7-19-33-50/h2-37,41-42,53-54,58,66H,38-40H2,1H3,(H,64,67)(H,65,72)/t53?,54?,58-/m1/s1. The van der Waals surface area contributed by atoms with E-state index in [0.29, 0.717) is 34.4 Å². The highest BCUT2D eigenvalue weighted by Crippen LogP contribution is 2.45. The van der Waals surface area contributed by atoms with Crippen LogP contribution in [-0.4, -0.2) is 72.2 Å². The second-order valence-corrected chi connectivity index (χ2v) is 20.6. The smallest absolute Gasteiger partial charge is 0.355 e. The van der Waals surface area contributed by atoms with Gasteiger partial charge in [0.25, 0.3) is 5.91 Å². The van der Waals surface area contributed by atoms with Crippen LogP contribution in [0.2, 0.25) is 0 Å². The van der Waals surface area contributed by atoms with Gasteiger partial charge in [0.05, 0.1) is 24.9 Å². The van der Waals surface area contributed by atoms with Gasteiger partial charge in [0.1, 0.15) is 47.4 Å². The molecule has 16 heteroatoms. The number of allylic oxidation sites excluding steroid dienone is 2. The molecule has 0 spiro atoms. The molecule has 2 amide bonds. The highest BCUT2D eigenvalue weighted by molar-refractivity contribution is 8.00. The van der Waals surface area contributed by atoms with Crippen molar-refractivity contribution in [2.24, 2.45) is 0 Å². The summed E-state index contributed by atoms with van der Waals surface area (Å²) in [4.78, 5) is 51.7. The normalized spacial score (nSPS) is 15.8. The molecule has 0 radical (unpaired) electrons. The van der Waals surface area contributed by atoms with Crippen molar-refractivity contribution in [1.29, 1.82) is 0 Å². The number of thioether (sulfide) groups is 1. The first-order valence-electron chi connectivity index (χ1n) is 25.4. The Kier molecular flexibility index (Phi) is 15.2. The third-order valence-corrected chi connectivity index (χ3v) is 16.1. The molecule has 4 heterocycles. The van der Waals surface area contributed by atoms with E-state index in [1.54, 1.807) is 25.3 Å². The Morgan fingerprint density at radius 3 is 1.71 bits per heavy atom. The van der Waals surface area contributed by atoms with Gasteiger partial charge >= 0.3 is 5.97 Å². The Bertz CT molecular complexity index is 3340. The van der Waals surface area contributed by atoms with Gasteiger partial charge < -0.3 is 20.1 Å². The molecule has 0 aliphatic carbocycles. The summed E-state index contributed by atoms with van der Waals surface area (Å²) in [5, 5.41) is 24.2. The number of rotatable bonds is 20. The van der Waals surface area contributed by atoms with Gasteiger partial charge in [-0.15, -0.1) is 28.2 Å². The van der Waals surface area contributed by atoms with Crippen LogP contribution in [0.25, 0.3) is 0 Å². The topological polar surface area (TPSA) is 165 Å². The Labute approximate surface area is 459 Å². The molecular formula is C62H53N9O5S2. The number of methoxy groups -OCH3 is 1. The first-order chi connectivity index (χ1) is 38.4. The summed E-state index contributed by atoms with van der Waals surface area (Å²) in [6, 6.07) is 65.9. The average molecular weight is 1070 g/mol. The Morgan fingerprint density at radius 1 is 0.705 bits per heavy atom. The maximum Gasteiger partial charge on any atom is 0.355 e. The van der Waals surface area contributed by atoms with Crippen molar-refractivity contribution in [2.75, 3.05) is 18.2 Å². The summed E-state index contributed by atoms with van der Waals surface area (Å²) >= 11 is 2.83. The summed E-state index contributed by atoms with van der Waals surface area (Å²) in [7, 11) is 1.58. The number of fused-ring (bicyclic) bond motifs is 1. The Balaban J connectivity index is 0.978. The number of carbonyl (C=O) groups is 3. The van der Waals surface area contributed by atoms with Crippen molar-refractivity contribution >= 4 is 46.0 Å². The number of esters is 1. The molecule has 1 fully saturated rings. The van der Waals surface area contributed by atoms with E-state index < -0.39 is 46.3 Å². The number of benzene rings is 7. The molecule has 2 unspecified atom stereocenters. The van der Waals surface area contributed by atoms with Crippen LogP contribution >= 0.6 is 23.1 Å². The van der Waals surface area contributed by atoms with E-state index in [1.165, 1.54) is 39.0 Å². The number of anilines is 1. The number of aromatic nitrogens is 5. The van der Waals surface area contributed by atoms with Crippen LogP contribution in [0.3, 0.4) is 0 Å². The molecule has 11 rings (SSSR count). The molecule has 3 N–H and O–H groups in total. The minimum atomic E-state index is -1.17. The molecule has 1 saturated heterocycles.